The monoisotopic (exact) mass is 245 g/mol. The van der Waals surface area contributed by atoms with Gasteiger partial charge in [0.05, 0.1) is 7.11 Å². The van der Waals surface area contributed by atoms with Gasteiger partial charge in [0.2, 0.25) is 6.23 Å². The predicted molar refractivity (Wildman–Crippen MR) is 59.0 cm³/mol. The van der Waals surface area contributed by atoms with E-state index in [1.165, 1.54) is 18.9 Å². The zero-order valence-corrected chi connectivity index (χ0v) is 10.9. The Kier molecular flexibility index (Phi) is 3.98. The molecule has 0 saturated carbocycles. The summed E-state index contributed by atoms with van der Waals surface area (Å²) in [5.74, 6) is -0.456. The van der Waals surface area contributed by atoms with Gasteiger partial charge < -0.3 is 14.2 Å². The van der Waals surface area contributed by atoms with Crippen LogP contribution >= 0.6 is 0 Å². The van der Waals surface area contributed by atoms with E-state index in [0.717, 1.165) is 0 Å². The Hall–Kier alpha value is -1.30. The van der Waals surface area contributed by atoms with Gasteiger partial charge in [-0.1, -0.05) is 20.8 Å². The average molecular weight is 245 g/mol. The van der Waals surface area contributed by atoms with Crippen molar-refractivity contribution in [2.45, 2.75) is 40.2 Å². The number of methoxy groups -OCH3 is 1. The summed E-state index contributed by atoms with van der Waals surface area (Å²) in [4.78, 5) is 24.0. The first-order chi connectivity index (χ1) is 7.77. The molecule has 0 N–H and O–H groups in total. The van der Waals surface area contributed by atoms with Crippen LogP contribution in [-0.2, 0) is 19.0 Å². The third-order valence-corrected chi connectivity index (χ3v) is 2.39. The lowest BCUT2D eigenvalue weighted by Gasteiger charge is -2.33. The van der Waals surface area contributed by atoms with Crippen molar-refractivity contribution in [1.82, 2.24) is 4.90 Å². The highest BCUT2D eigenvalue weighted by Gasteiger charge is 2.46. The van der Waals surface area contributed by atoms with E-state index in [4.69, 9.17) is 9.47 Å². The van der Waals surface area contributed by atoms with E-state index >= 15 is 0 Å². The van der Waals surface area contributed by atoms with Crippen LogP contribution in [0.5, 0.6) is 0 Å². The topological polar surface area (TPSA) is 65.1 Å². The molecule has 0 radical (unpaired) electrons. The molecule has 98 valence electrons. The van der Waals surface area contributed by atoms with Crippen molar-refractivity contribution < 1.29 is 23.8 Å². The molecule has 1 amide bonds. The van der Waals surface area contributed by atoms with E-state index in [-0.39, 0.29) is 12.0 Å². The standard InChI is InChI=1S/C11H19NO5/c1-7(13)17-8-6-16-9(11(2,3)4)12(8)10(14)15-5/h8-9H,6H2,1-5H3. The highest BCUT2D eigenvalue weighted by Crippen LogP contribution is 2.32. The molecule has 2 atom stereocenters. The molecule has 17 heavy (non-hydrogen) atoms. The number of hydrogen-bond donors (Lipinski definition) is 0. The predicted octanol–water partition coefficient (Wildman–Crippen LogP) is 1.35. The van der Waals surface area contributed by atoms with E-state index in [2.05, 4.69) is 4.74 Å². The van der Waals surface area contributed by atoms with E-state index in [0.29, 0.717) is 0 Å². The molecule has 6 nitrogen and oxygen atoms in total. The minimum Gasteiger partial charge on any atom is -0.453 e. The summed E-state index contributed by atoms with van der Waals surface area (Å²) >= 11 is 0. The van der Waals surface area contributed by atoms with Crippen LogP contribution in [0.15, 0.2) is 0 Å². The first-order valence-corrected chi connectivity index (χ1v) is 5.42. The summed E-state index contributed by atoms with van der Waals surface area (Å²) in [6.45, 7) is 7.26. The number of hydrogen-bond acceptors (Lipinski definition) is 5. The highest BCUT2D eigenvalue weighted by atomic mass is 16.6. The van der Waals surface area contributed by atoms with Gasteiger partial charge in [-0.3, -0.25) is 4.79 Å². The smallest absolute Gasteiger partial charge is 0.414 e. The van der Waals surface area contributed by atoms with Crippen molar-refractivity contribution >= 4 is 12.1 Å². The van der Waals surface area contributed by atoms with Gasteiger partial charge in [-0.2, -0.15) is 0 Å². The van der Waals surface area contributed by atoms with E-state index in [9.17, 15) is 9.59 Å². The Labute approximate surface area is 101 Å². The molecule has 0 aliphatic carbocycles. The zero-order valence-electron chi connectivity index (χ0n) is 10.9. The van der Waals surface area contributed by atoms with Gasteiger partial charge in [-0.15, -0.1) is 0 Å². The summed E-state index contributed by atoms with van der Waals surface area (Å²) in [7, 11) is 1.28. The molecular formula is C11H19NO5. The van der Waals surface area contributed by atoms with Crippen molar-refractivity contribution in [3.63, 3.8) is 0 Å². The maximum atomic E-state index is 11.7. The van der Waals surface area contributed by atoms with E-state index in [1.54, 1.807) is 0 Å². The number of rotatable bonds is 1. The van der Waals surface area contributed by atoms with Gasteiger partial charge in [-0.05, 0) is 0 Å². The Morgan fingerprint density at radius 3 is 2.35 bits per heavy atom. The summed E-state index contributed by atoms with van der Waals surface area (Å²) in [6.07, 6.45) is -1.75. The third-order valence-electron chi connectivity index (χ3n) is 2.39. The van der Waals surface area contributed by atoms with Gasteiger partial charge in [0.1, 0.15) is 12.8 Å². The Bertz CT molecular complexity index is 309. The Balaban J connectivity index is 2.89. The molecule has 0 spiro atoms. The molecule has 1 aliphatic rings. The van der Waals surface area contributed by atoms with Crippen LogP contribution in [-0.4, -0.2) is 43.1 Å². The fourth-order valence-corrected chi connectivity index (χ4v) is 1.75. The number of ether oxygens (including phenoxy) is 3. The van der Waals surface area contributed by atoms with Crippen LogP contribution in [0.1, 0.15) is 27.7 Å². The van der Waals surface area contributed by atoms with Crippen LogP contribution in [0.2, 0.25) is 0 Å². The van der Waals surface area contributed by atoms with Crippen LogP contribution in [0, 0.1) is 5.41 Å². The summed E-state index contributed by atoms with van der Waals surface area (Å²) in [5.41, 5.74) is -0.289. The molecule has 1 fully saturated rings. The minimum absolute atomic E-state index is 0.163. The van der Waals surface area contributed by atoms with Crippen molar-refractivity contribution in [2.75, 3.05) is 13.7 Å². The third kappa shape index (κ3) is 3.09. The first-order valence-electron chi connectivity index (χ1n) is 5.42. The number of nitrogens with zero attached hydrogens (tertiary/aromatic N) is 1. The van der Waals surface area contributed by atoms with Crippen molar-refractivity contribution in [1.29, 1.82) is 0 Å². The van der Waals surface area contributed by atoms with Crippen LogP contribution in [0.25, 0.3) is 0 Å². The second-order valence-corrected chi connectivity index (χ2v) is 4.99. The van der Waals surface area contributed by atoms with Crippen molar-refractivity contribution in [3.8, 4) is 0 Å². The van der Waals surface area contributed by atoms with Crippen molar-refractivity contribution in [2.24, 2.45) is 5.41 Å². The lowest BCUT2D eigenvalue weighted by Crippen LogP contribution is -2.48. The average Bonchev–Trinajstić information content (AvgIpc) is 2.58. The van der Waals surface area contributed by atoms with Gasteiger partial charge >= 0.3 is 12.1 Å². The maximum Gasteiger partial charge on any atom is 0.414 e. The number of amides is 1. The van der Waals surface area contributed by atoms with Crippen molar-refractivity contribution in [3.05, 3.63) is 0 Å². The van der Waals surface area contributed by atoms with Gasteiger partial charge in [0, 0.05) is 12.3 Å². The molecule has 1 saturated heterocycles. The zero-order chi connectivity index (χ0) is 13.2. The maximum absolute atomic E-state index is 11.7. The second kappa shape index (κ2) is 4.91. The molecular weight excluding hydrogens is 226 g/mol. The summed E-state index contributed by atoms with van der Waals surface area (Å²) < 4.78 is 15.2. The van der Waals surface area contributed by atoms with E-state index < -0.39 is 24.5 Å². The molecule has 0 aromatic heterocycles. The molecule has 1 aliphatic heterocycles. The molecule has 2 unspecified atom stereocenters. The molecule has 0 aromatic rings. The molecule has 6 heteroatoms. The van der Waals surface area contributed by atoms with Gasteiger partial charge in [0.25, 0.3) is 0 Å². The number of carbonyl (C=O) groups excluding carboxylic acids is 2. The fourth-order valence-electron chi connectivity index (χ4n) is 1.75. The molecule has 1 heterocycles. The minimum atomic E-state index is -0.718. The molecule has 1 rings (SSSR count). The molecule has 0 bridgehead atoms. The quantitative estimate of drug-likeness (QED) is 0.652. The van der Waals surface area contributed by atoms with Gasteiger partial charge in [0.15, 0.2) is 0 Å². The van der Waals surface area contributed by atoms with Crippen LogP contribution in [0.4, 0.5) is 4.79 Å². The normalized spacial score (nSPS) is 24.6. The highest BCUT2D eigenvalue weighted by molar-refractivity contribution is 5.70. The molecule has 0 aromatic carbocycles. The summed E-state index contributed by atoms with van der Waals surface area (Å²) in [6, 6.07) is 0. The number of carbonyl (C=O) groups is 2. The van der Waals surface area contributed by atoms with Crippen LogP contribution < -0.4 is 0 Å². The number of esters is 1. The Morgan fingerprint density at radius 1 is 1.35 bits per heavy atom. The SMILES string of the molecule is COC(=O)N1C(OC(C)=O)COC1C(C)(C)C. The lowest BCUT2D eigenvalue weighted by molar-refractivity contribution is -0.153. The van der Waals surface area contributed by atoms with Gasteiger partial charge in [-0.25, -0.2) is 9.69 Å². The van der Waals surface area contributed by atoms with E-state index in [1.807, 2.05) is 20.8 Å². The second-order valence-electron chi connectivity index (χ2n) is 4.99. The largest absolute Gasteiger partial charge is 0.453 e. The van der Waals surface area contributed by atoms with Crippen LogP contribution in [0.3, 0.4) is 0 Å². The Morgan fingerprint density at radius 2 is 1.94 bits per heavy atom. The first kappa shape index (κ1) is 13.8. The lowest BCUT2D eigenvalue weighted by atomic mass is 9.94. The fraction of sp³-hybridized carbons (Fsp3) is 0.818. The summed E-state index contributed by atoms with van der Waals surface area (Å²) in [5, 5.41) is 0.